The summed E-state index contributed by atoms with van der Waals surface area (Å²) in [5.41, 5.74) is 24.0. The van der Waals surface area contributed by atoms with Crippen LogP contribution in [0.5, 0.6) is 0 Å². The van der Waals surface area contributed by atoms with Crippen LogP contribution in [0.3, 0.4) is 0 Å². The molecule has 1 heterocycles. The minimum atomic E-state index is -0.547. The van der Waals surface area contributed by atoms with E-state index in [0.29, 0.717) is 0 Å². The average molecular weight is 933 g/mol. The monoisotopic (exact) mass is 932 g/mol. The summed E-state index contributed by atoms with van der Waals surface area (Å²) in [5, 5.41) is 6.60. The third-order valence-electron chi connectivity index (χ3n) is 16.6. The number of aromatic nitrogens is 1. The molecule has 1 spiro atoms. The highest BCUT2D eigenvalue weighted by Crippen LogP contribution is 2.65. The molecular weight excluding hydrogens is 881 g/mol. The van der Waals surface area contributed by atoms with Crippen LogP contribution < -0.4 is 15.5 Å². The van der Waals surface area contributed by atoms with Gasteiger partial charge in [-0.05, 0) is 165 Å². The average Bonchev–Trinajstić information content (AvgIpc) is 4.09. The highest BCUT2D eigenvalue weighted by molar-refractivity contribution is 6.08. The molecular formula is C71H52N2. The van der Waals surface area contributed by atoms with E-state index in [9.17, 15) is 0 Å². The molecule has 10 aromatic rings. The van der Waals surface area contributed by atoms with Crippen LogP contribution in [0, 0.1) is 0 Å². The molecule has 5 aliphatic rings. The second kappa shape index (κ2) is 16.7. The molecule has 1 aromatic heterocycles. The number of benzene rings is 9. The first-order chi connectivity index (χ1) is 36.2. The quantitative estimate of drug-likeness (QED) is 0.155. The summed E-state index contributed by atoms with van der Waals surface area (Å²) < 4.78 is 2.53. The van der Waals surface area contributed by atoms with E-state index < -0.39 is 5.41 Å². The van der Waals surface area contributed by atoms with Gasteiger partial charge in [0.25, 0.3) is 0 Å². The van der Waals surface area contributed by atoms with Gasteiger partial charge in [0.15, 0.2) is 0 Å². The zero-order chi connectivity index (χ0) is 48.0. The third kappa shape index (κ3) is 6.30. The van der Waals surface area contributed by atoms with Gasteiger partial charge in [-0.15, -0.1) is 0 Å². The van der Waals surface area contributed by atoms with E-state index in [1.165, 1.54) is 127 Å². The van der Waals surface area contributed by atoms with Crippen LogP contribution in [0.4, 0.5) is 17.1 Å². The van der Waals surface area contributed by atoms with Crippen molar-refractivity contribution in [2.75, 3.05) is 4.90 Å². The van der Waals surface area contributed by atoms with E-state index in [4.69, 9.17) is 0 Å². The molecule has 9 aromatic carbocycles. The lowest BCUT2D eigenvalue weighted by atomic mass is 9.69. The van der Waals surface area contributed by atoms with Crippen molar-refractivity contribution in [3.05, 3.63) is 275 Å². The zero-order valence-corrected chi connectivity index (χ0v) is 40.7. The Morgan fingerprint density at radius 1 is 0.411 bits per heavy atom. The number of hydrogen-bond donors (Lipinski definition) is 0. The second-order valence-corrected chi connectivity index (χ2v) is 20.4. The number of nitrogens with zero attached hydrogens (tertiary/aromatic N) is 2. The summed E-state index contributed by atoms with van der Waals surface area (Å²) in [6.07, 6.45) is 22.8. The lowest BCUT2D eigenvalue weighted by molar-refractivity contribution is 0.793. The molecule has 0 saturated heterocycles. The van der Waals surface area contributed by atoms with Gasteiger partial charge in [-0.3, -0.25) is 0 Å². The van der Waals surface area contributed by atoms with Gasteiger partial charge in [0, 0.05) is 38.3 Å². The maximum atomic E-state index is 2.55. The van der Waals surface area contributed by atoms with Gasteiger partial charge in [0.2, 0.25) is 0 Å². The summed E-state index contributed by atoms with van der Waals surface area (Å²) >= 11 is 0. The van der Waals surface area contributed by atoms with Crippen molar-refractivity contribution in [2.24, 2.45) is 0 Å². The normalized spacial score (nSPS) is 16.9. The van der Waals surface area contributed by atoms with E-state index in [1.807, 2.05) is 0 Å². The first-order valence-corrected chi connectivity index (χ1v) is 26.3. The fourth-order valence-electron chi connectivity index (χ4n) is 13.5. The number of allylic oxidation sites excluding steroid dienone is 8. The highest BCUT2D eigenvalue weighted by atomic mass is 15.1. The molecule has 0 N–H and O–H groups in total. The van der Waals surface area contributed by atoms with Crippen LogP contribution in [0.15, 0.2) is 231 Å². The maximum Gasteiger partial charge on any atom is 0.0726 e. The molecule has 73 heavy (non-hydrogen) atoms. The zero-order valence-electron chi connectivity index (χ0n) is 40.7. The van der Waals surface area contributed by atoms with Gasteiger partial charge in [0.1, 0.15) is 0 Å². The Labute approximate surface area is 426 Å². The molecule has 1 unspecified atom stereocenters. The van der Waals surface area contributed by atoms with Crippen LogP contribution in [-0.2, 0) is 5.41 Å². The second-order valence-electron chi connectivity index (χ2n) is 20.4. The largest absolute Gasteiger partial charge is 0.313 e. The van der Waals surface area contributed by atoms with Gasteiger partial charge >= 0.3 is 0 Å². The summed E-state index contributed by atoms with van der Waals surface area (Å²) in [6.45, 7) is 0. The van der Waals surface area contributed by atoms with E-state index in [0.717, 1.165) is 44.2 Å². The molecule has 5 aliphatic carbocycles. The van der Waals surface area contributed by atoms with Crippen molar-refractivity contribution in [2.45, 2.75) is 43.9 Å². The van der Waals surface area contributed by atoms with Gasteiger partial charge in [-0.1, -0.05) is 194 Å². The summed E-state index contributed by atoms with van der Waals surface area (Å²) in [7, 11) is 0. The number of para-hydroxylation sites is 2. The molecule has 0 radical (unpaired) electrons. The number of anilines is 3. The Bertz CT molecular complexity index is 4200. The third-order valence-corrected chi connectivity index (χ3v) is 16.6. The van der Waals surface area contributed by atoms with Crippen molar-refractivity contribution < 1.29 is 0 Å². The molecule has 1 atom stereocenters. The van der Waals surface area contributed by atoms with Crippen molar-refractivity contribution >= 4 is 67.7 Å². The van der Waals surface area contributed by atoms with Gasteiger partial charge in [-0.2, -0.15) is 0 Å². The van der Waals surface area contributed by atoms with Crippen molar-refractivity contribution in [3.63, 3.8) is 0 Å². The molecule has 346 valence electrons. The van der Waals surface area contributed by atoms with Crippen molar-refractivity contribution in [3.8, 4) is 33.4 Å². The summed E-state index contributed by atoms with van der Waals surface area (Å²) in [4.78, 5) is 2.55. The van der Waals surface area contributed by atoms with Gasteiger partial charge in [-0.25, -0.2) is 0 Å². The van der Waals surface area contributed by atoms with E-state index in [2.05, 4.69) is 252 Å². The van der Waals surface area contributed by atoms with Crippen LogP contribution in [0.1, 0.15) is 71.9 Å². The smallest absolute Gasteiger partial charge is 0.0726 e. The lowest BCUT2D eigenvalue weighted by Gasteiger charge is -2.33. The predicted molar refractivity (Wildman–Crippen MR) is 308 cm³/mol. The first-order valence-electron chi connectivity index (χ1n) is 26.3. The molecule has 2 nitrogen and oxygen atoms in total. The maximum absolute atomic E-state index is 2.55. The van der Waals surface area contributed by atoms with Crippen molar-refractivity contribution in [1.29, 1.82) is 0 Å². The van der Waals surface area contributed by atoms with Crippen LogP contribution in [0.25, 0.3) is 84.1 Å². The van der Waals surface area contributed by atoms with Gasteiger partial charge < -0.3 is 9.47 Å². The highest BCUT2D eigenvalue weighted by Gasteiger charge is 2.53. The van der Waals surface area contributed by atoms with E-state index >= 15 is 0 Å². The molecule has 2 heteroatoms. The first kappa shape index (κ1) is 42.0. The molecule has 0 fully saturated rings. The summed E-state index contributed by atoms with van der Waals surface area (Å²) in [5.74, 6) is 0. The standard InChI is InChI=1S/C71H52N2/c1-4-19-47(20-5-1)50-37-41-56-57-42-38-51(48-21-6-2-7-22-48)46-65(57)71(64(56)45-50)62-30-15-12-29-61(62)70-63(71)31-18-34-69(70)73(52-23-8-3-9-24-52)68-44-43-54(55-25-10-11-26-58(55)68)49-35-39-53(40-36-49)72-66-32-16-13-27-59(66)60-28-14-17-33-67(60)72/h1-6,8-13,15-16,18-21,23-35,37-39,41-46H,7,14,17,22,36,40H2. The predicted octanol–water partition coefficient (Wildman–Crippen LogP) is 17.1. The Morgan fingerprint density at radius 2 is 1.11 bits per heavy atom. The summed E-state index contributed by atoms with van der Waals surface area (Å²) in [6, 6.07) is 75.8. The van der Waals surface area contributed by atoms with E-state index in [-0.39, 0.29) is 0 Å². The number of fused-ring (bicyclic) bond motifs is 14. The van der Waals surface area contributed by atoms with E-state index in [1.54, 1.807) is 0 Å². The minimum Gasteiger partial charge on any atom is -0.313 e. The van der Waals surface area contributed by atoms with Crippen molar-refractivity contribution in [1.82, 2.24) is 4.57 Å². The Kier molecular flexibility index (Phi) is 9.60. The molecule has 15 rings (SSSR count). The SMILES string of the molecule is C1=CCCC(c2ccc3c(c2)C2(c4cc(-c5ccccc5)ccc4-3)c3ccccc3-c3c(N(c4ccccc4)c4ccc(C5=CC=C(n6c7c(c8ccccc86)=CCCC=7)CC5)c5ccccc45)cccc32)=C1. The molecule has 0 amide bonds. The van der Waals surface area contributed by atoms with Gasteiger partial charge in [0.05, 0.1) is 22.3 Å². The molecule has 0 saturated carbocycles. The Morgan fingerprint density at radius 3 is 1.92 bits per heavy atom. The van der Waals surface area contributed by atoms with Crippen LogP contribution in [-0.4, -0.2) is 4.57 Å². The number of rotatable bonds is 7. The lowest BCUT2D eigenvalue weighted by Crippen LogP contribution is -2.30. The fraction of sp³-hybridized carbons (Fsp3) is 0.0986. The topological polar surface area (TPSA) is 8.17 Å². The van der Waals surface area contributed by atoms with Crippen LogP contribution in [0.2, 0.25) is 0 Å². The molecule has 0 aliphatic heterocycles. The van der Waals surface area contributed by atoms with Crippen LogP contribution >= 0.6 is 0 Å². The minimum absolute atomic E-state index is 0.547. The Balaban J connectivity index is 0.932. The number of hydrogen-bond acceptors (Lipinski definition) is 1. The fourth-order valence-corrected chi connectivity index (χ4v) is 13.5. The Hall–Kier alpha value is -8.72. The molecule has 0 bridgehead atoms.